The van der Waals surface area contributed by atoms with Crippen molar-refractivity contribution < 1.29 is 26.3 Å². The minimum absolute atomic E-state index is 0.0492. The van der Waals surface area contributed by atoms with Gasteiger partial charge in [-0.15, -0.1) is 0 Å². The van der Waals surface area contributed by atoms with Crippen LogP contribution in [-0.2, 0) is 16.2 Å². The summed E-state index contributed by atoms with van der Waals surface area (Å²) in [5.41, 5.74) is -1.02. The van der Waals surface area contributed by atoms with E-state index in [1.165, 1.54) is 31.3 Å². The summed E-state index contributed by atoms with van der Waals surface area (Å²) in [5, 5.41) is 9.12. The maximum Gasteiger partial charge on any atom is 0.416 e. The number of hydrogen-bond acceptors (Lipinski definition) is 4. The lowest BCUT2D eigenvalue weighted by Crippen LogP contribution is -2.18. The Kier molecular flexibility index (Phi) is 7.18. The van der Waals surface area contributed by atoms with E-state index in [9.17, 15) is 21.6 Å². The van der Waals surface area contributed by atoms with Crippen molar-refractivity contribution in [2.24, 2.45) is 0 Å². The number of sulfonamides is 1. The highest BCUT2D eigenvalue weighted by Crippen LogP contribution is 2.33. The summed E-state index contributed by atoms with van der Waals surface area (Å²) in [7, 11) is -2.54. The number of benzene rings is 2. The van der Waals surface area contributed by atoms with Gasteiger partial charge in [0, 0.05) is 0 Å². The third-order valence-electron chi connectivity index (χ3n) is 3.04. The van der Waals surface area contributed by atoms with Crippen LogP contribution in [0.2, 0.25) is 0 Å². The molecule has 0 amide bonds. The Bertz CT molecular complexity index is 904. The fourth-order valence-corrected chi connectivity index (χ4v) is 2.59. The summed E-state index contributed by atoms with van der Waals surface area (Å²) < 4.78 is 68.9. The minimum Gasteiger partial charge on any atom is -0.456 e. The topological polar surface area (TPSA) is 79.2 Å². The predicted molar refractivity (Wildman–Crippen MR) is 90.3 cm³/mol. The average Bonchev–Trinajstić information content (AvgIpc) is 2.63. The highest BCUT2D eigenvalue weighted by molar-refractivity contribution is 7.89. The average molecular weight is 386 g/mol. The lowest BCUT2D eigenvalue weighted by molar-refractivity contribution is -0.137. The molecule has 26 heavy (non-hydrogen) atoms. The van der Waals surface area contributed by atoms with Gasteiger partial charge < -0.3 is 4.74 Å². The first-order valence-electron chi connectivity index (χ1n) is 7.50. The molecule has 5 nitrogen and oxygen atoms in total. The van der Waals surface area contributed by atoms with Crippen molar-refractivity contribution in [1.82, 2.24) is 4.72 Å². The Morgan fingerprint density at radius 3 is 2.31 bits per heavy atom. The van der Waals surface area contributed by atoms with Gasteiger partial charge in [0.2, 0.25) is 10.0 Å². The molecule has 2 rings (SSSR count). The maximum atomic E-state index is 12.7. The zero-order chi connectivity index (χ0) is 20.0. The van der Waals surface area contributed by atoms with Gasteiger partial charge >= 0.3 is 6.18 Å². The summed E-state index contributed by atoms with van der Waals surface area (Å²) in [6.07, 6.45) is -4.53. The van der Waals surface area contributed by atoms with E-state index in [2.05, 4.69) is 4.72 Å². The number of nitrogens with zero attached hydrogens (tertiary/aromatic N) is 1. The molecular formula is C17H17F3N2O3S. The van der Waals surface area contributed by atoms with Gasteiger partial charge in [0.1, 0.15) is 17.6 Å². The minimum atomic E-state index is -4.53. The molecule has 0 aliphatic heterocycles. The van der Waals surface area contributed by atoms with E-state index in [0.717, 1.165) is 18.2 Å². The highest BCUT2D eigenvalue weighted by atomic mass is 32.2. The summed E-state index contributed by atoms with van der Waals surface area (Å²) in [4.78, 5) is -0.155. The Morgan fingerprint density at radius 2 is 1.77 bits per heavy atom. The van der Waals surface area contributed by atoms with Gasteiger partial charge in [-0.05, 0) is 43.4 Å². The van der Waals surface area contributed by atoms with Crippen molar-refractivity contribution in [3.8, 4) is 17.6 Å². The molecule has 9 heteroatoms. The number of rotatable bonds is 4. The number of nitriles is 1. The van der Waals surface area contributed by atoms with Crippen LogP contribution in [0, 0.1) is 11.3 Å². The summed E-state index contributed by atoms with van der Waals surface area (Å²) in [5.74, 6) is -0.169. The molecule has 0 atom stereocenters. The van der Waals surface area contributed by atoms with Crippen molar-refractivity contribution in [3.05, 3.63) is 53.6 Å². The van der Waals surface area contributed by atoms with Crippen LogP contribution in [0.25, 0.3) is 0 Å². The molecule has 0 saturated heterocycles. The fourth-order valence-electron chi connectivity index (χ4n) is 1.83. The summed E-state index contributed by atoms with van der Waals surface area (Å²) in [6, 6.07) is 9.39. The van der Waals surface area contributed by atoms with Crippen molar-refractivity contribution in [3.63, 3.8) is 0 Å². The van der Waals surface area contributed by atoms with Gasteiger partial charge in [0.15, 0.2) is 0 Å². The lowest BCUT2D eigenvalue weighted by atomic mass is 10.2. The number of nitrogens with one attached hydrogen (secondary N) is 1. The predicted octanol–water partition coefficient (Wildman–Crippen LogP) is 4.30. The summed E-state index contributed by atoms with van der Waals surface area (Å²) in [6.45, 7) is 4.00. The molecule has 1 N–H and O–H groups in total. The van der Waals surface area contributed by atoms with Crippen LogP contribution < -0.4 is 9.46 Å². The second-order valence-corrected chi connectivity index (χ2v) is 6.49. The number of alkyl halides is 3. The molecule has 2 aromatic rings. The van der Waals surface area contributed by atoms with Gasteiger partial charge in [0.25, 0.3) is 0 Å². The zero-order valence-electron chi connectivity index (χ0n) is 14.3. The van der Waals surface area contributed by atoms with Gasteiger partial charge in [-0.2, -0.15) is 18.4 Å². The third-order valence-corrected chi connectivity index (χ3v) is 4.45. The molecule has 0 heterocycles. The van der Waals surface area contributed by atoms with Crippen molar-refractivity contribution in [2.45, 2.75) is 24.9 Å². The molecule has 140 valence electrons. The Hall–Kier alpha value is -2.57. The van der Waals surface area contributed by atoms with E-state index in [1.54, 1.807) is 6.07 Å². The van der Waals surface area contributed by atoms with E-state index in [0.29, 0.717) is 0 Å². The highest BCUT2D eigenvalue weighted by Gasteiger charge is 2.30. The van der Waals surface area contributed by atoms with Crippen LogP contribution in [-0.4, -0.2) is 15.5 Å². The first-order valence-corrected chi connectivity index (χ1v) is 8.98. The largest absolute Gasteiger partial charge is 0.456 e. The van der Waals surface area contributed by atoms with Gasteiger partial charge in [-0.1, -0.05) is 19.9 Å². The monoisotopic (exact) mass is 386 g/mol. The zero-order valence-corrected chi connectivity index (χ0v) is 15.1. The Morgan fingerprint density at radius 1 is 1.12 bits per heavy atom. The molecule has 0 spiro atoms. The first kappa shape index (κ1) is 21.5. The van der Waals surface area contributed by atoms with Crippen molar-refractivity contribution >= 4 is 10.0 Å². The number of halogens is 3. The van der Waals surface area contributed by atoms with Crippen LogP contribution in [0.4, 0.5) is 13.2 Å². The Labute approximate surface area is 150 Å². The van der Waals surface area contributed by atoms with Gasteiger partial charge in [0.05, 0.1) is 16.0 Å². The maximum absolute atomic E-state index is 12.7. The van der Waals surface area contributed by atoms with Crippen LogP contribution in [0.15, 0.2) is 47.4 Å². The molecule has 0 radical (unpaired) electrons. The Balaban J connectivity index is 0.00000163. The number of ether oxygens (including phenoxy) is 1. The van der Waals surface area contributed by atoms with Crippen molar-refractivity contribution in [2.75, 3.05) is 7.05 Å². The molecule has 0 aliphatic rings. The van der Waals surface area contributed by atoms with Gasteiger partial charge in [-0.25, -0.2) is 13.1 Å². The SMILES string of the molecule is CC.CNS(=O)(=O)c1ccc(Oc2cccc(C(F)(F)F)c2)c(C#N)c1. The van der Waals surface area contributed by atoms with E-state index < -0.39 is 21.8 Å². The molecule has 0 fully saturated rings. The second-order valence-electron chi connectivity index (χ2n) is 4.60. The second kappa shape index (κ2) is 8.69. The number of hydrogen-bond donors (Lipinski definition) is 1. The van der Waals surface area contributed by atoms with E-state index >= 15 is 0 Å². The standard InChI is InChI=1S/C15H11F3N2O3S.C2H6/c1-20-24(21,22)13-5-6-14(10(7-13)9-19)23-12-4-2-3-11(8-12)15(16,17)18;1-2/h2-8,20H,1H3;1-2H3. The molecule has 0 aromatic heterocycles. The molecule has 2 aromatic carbocycles. The normalized spacial score (nSPS) is 11.1. The smallest absolute Gasteiger partial charge is 0.416 e. The van der Waals surface area contributed by atoms with Crippen LogP contribution in [0.5, 0.6) is 11.5 Å². The molecular weight excluding hydrogens is 369 g/mol. The van der Waals surface area contributed by atoms with Crippen LogP contribution in [0.3, 0.4) is 0 Å². The molecule has 0 bridgehead atoms. The molecule has 0 aliphatic carbocycles. The van der Waals surface area contributed by atoms with Crippen LogP contribution in [0.1, 0.15) is 25.0 Å². The van der Waals surface area contributed by atoms with Crippen LogP contribution >= 0.6 is 0 Å². The van der Waals surface area contributed by atoms with E-state index in [1.807, 2.05) is 13.8 Å². The fraction of sp³-hybridized carbons (Fsp3) is 0.235. The lowest BCUT2D eigenvalue weighted by Gasteiger charge is -2.11. The quantitative estimate of drug-likeness (QED) is 0.850. The third kappa shape index (κ3) is 5.21. The first-order chi connectivity index (χ1) is 12.2. The van der Waals surface area contributed by atoms with Gasteiger partial charge in [-0.3, -0.25) is 0 Å². The summed E-state index contributed by atoms with van der Waals surface area (Å²) >= 11 is 0. The molecule has 0 saturated carbocycles. The van der Waals surface area contributed by atoms with E-state index in [-0.39, 0.29) is 22.0 Å². The van der Waals surface area contributed by atoms with E-state index in [4.69, 9.17) is 10.00 Å². The van der Waals surface area contributed by atoms with Crippen molar-refractivity contribution in [1.29, 1.82) is 5.26 Å². The molecule has 0 unspecified atom stereocenters.